The van der Waals surface area contributed by atoms with Gasteiger partial charge in [-0.2, -0.15) is 0 Å². The van der Waals surface area contributed by atoms with Gasteiger partial charge in [0.15, 0.2) is 0 Å². The third kappa shape index (κ3) is 5.21. The number of nitrogens with zero attached hydrogens (tertiary/aromatic N) is 1. The number of carbonyl (C=O) groups is 2. The van der Waals surface area contributed by atoms with E-state index < -0.39 is 12.0 Å². The molecule has 5 nitrogen and oxygen atoms in total. The van der Waals surface area contributed by atoms with Crippen molar-refractivity contribution in [2.24, 2.45) is 5.92 Å². The first kappa shape index (κ1) is 18.7. The van der Waals surface area contributed by atoms with Crippen LogP contribution in [-0.2, 0) is 9.59 Å². The number of likely N-dealkylation sites (tertiary alicyclic amines) is 1. The molecule has 1 amide bonds. The van der Waals surface area contributed by atoms with Crippen molar-refractivity contribution in [1.29, 1.82) is 0 Å². The molecule has 0 spiro atoms. The Morgan fingerprint density at radius 1 is 1.33 bits per heavy atom. The molecule has 6 heteroatoms. The molecule has 0 radical (unpaired) electrons. The molecule has 1 aromatic rings. The molecule has 132 valence electrons. The zero-order valence-electron chi connectivity index (χ0n) is 14.2. The molecule has 1 aliphatic rings. The van der Waals surface area contributed by atoms with E-state index in [1.165, 1.54) is 0 Å². The number of carboxylic acids is 1. The molecule has 1 aromatic carbocycles. The second kappa shape index (κ2) is 8.49. The van der Waals surface area contributed by atoms with E-state index in [0.29, 0.717) is 11.1 Å². The minimum absolute atomic E-state index is 0.0597. The summed E-state index contributed by atoms with van der Waals surface area (Å²) < 4.78 is 0. The second-order valence-corrected chi connectivity index (χ2v) is 7.05. The van der Waals surface area contributed by atoms with Crippen LogP contribution < -0.4 is 5.32 Å². The predicted molar refractivity (Wildman–Crippen MR) is 94.0 cm³/mol. The number of aliphatic carboxylic acids is 1. The van der Waals surface area contributed by atoms with Gasteiger partial charge in [0.05, 0.1) is 12.5 Å². The standard InChI is InChI=1S/C18H25ClN2O3/c1-12(2)21-8-6-13(7-9-21)18(24)20-16(11-17(22)23)14-4-3-5-15(19)10-14/h3-5,10,12-13,16H,6-9,11H2,1-2H3,(H,20,24)(H,22,23). The summed E-state index contributed by atoms with van der Waals surface area (Å²) in [5, 5.41) is 12.6. The summed E-state index contributed by atoms with van der Waals surface area (Å²) in [4.78, 5) is 26.1. The molecule has 1 fully saturated rings. The van der Waals surface area contributed by atoms with Gasteiger partial charge in [-0.3, -0.25) is 9.59 Å². The van der Waals surface area contributed by atoms with Crippen LogP contribution in [0.3, 0.4) is 0 Å². The summed E-state index contributed by atoms with van der Waals surface area (Å²) in [6.45, 7) is 6.11. The largest absolute Gasteiger partial charge is 0.481 e. The summed E-state index contributed by atoms with van der Waals surface area (Å²) in [6, 6.07) is 6.92. The van der Waals surface area contributed by atoms with Crippen molar-refractivity contribution < 1.29 is 14.7 Å². The van der Waals surface area contributed by atoms with Gasteiger partial charge in [0, 0.05) is 17.0 Å². The van der Waals surface area contributed by atoms with E-state index in [0.717, 1.165) is 31.5 Å². The zero-order chi connectivity index (χ0) is 17.7. The van der Waals surface area contributed by atoms with Crippen LogP contribution in [0.4, 0.5) is 0 Å². The van der Waals surface area contributed by atoms with Crippen molar-refractivity contribution >= 4 is 23.5 Å². The normalized spacial score (nSPS) is 17.7. The van der Waals surface area contributed by atoms with Crippen LogP contribution in [0.15, 0.2) is 24.3 Å². The van der Waals surface area contributed by atoms with E-state index in [9.17, 15) is 9.59 Å². The maximum absolute atomic E-state index is 12.6. The molecule has 2 rings (SSSR count). The molecule has 24 heavy (non-hydrogen) atoms. The van der Waals surface area contributed by atoms with Gasteiger partial charge in [0.2, 0.25) is 5.91 Å². The van der Waals surface area contributed by atoms with Gasteiger partial charge in [-0.05, 0) is 57.5 Å². The predicted octanol–water partition coefficient (Wildman–Crippen LogP) is 3.09. The van der Waals surface area contributed by atoms with Gasteiger partial charge in [0.1, 0.15) is 0 Å². The van der Waals surface area contributed by atoms with E-state index in [1.54, 1.807) is 24.3 Å². The monoisotopic (exact) mass is 352 g/mol. The quantitative estimate of drug-likeness (QED) is 0.825. The van der Waals surface area contributed by atoms with Gasteiger partial charge in [-0.1, -0.05) is 23.7 Å². The third-order valence-corrected chi connectivity index (χ3v) is 4.81. The minimum atomic E-state index is -0.949. The van der Waals surface area contributed by atoms with E-state index >= 15 is 0 Å². The van der Waals surface area contributed by atoms with Crippen LogP contribution in [0.2, 0.25) is 5.02 Å². The highest BCUT2D eigenvalue weighted by atomic mass is 35.5. The Morgan fingerprint density at radius 2 is 2.00 bits per heavy atom. The van der Waals surface area contributed by atoms with Crippen LogP contribution in [0.5, 0.6) is 0 Å². The van der Waals surface area contributed by atoms with Gasteiger partial charge >= 0.3 is 5.97 Å². The maximum atomic E-state index is 12.6. The SMILES string of the molecule is CC(C)N1CCC(C(=O)NC(CC(=O)O)c2cccc(Cl)c2)CC1. The Labute approximate surface area is 148 Å². The van der Waals surface area contributed by atoms with Crippen LogP contribution in [0.1, 0.15) is 44.7 Å². The fourth-order valence-corrected chi connectivity index (χ4v) is 3.32. The number of hydrogen-bond donors (Lipinski definition) is 2. The van der Waals surface area contributed by atoms with Crippen molar-refractivity contribution in [2.45, 2.75) is 45.2 Å². The lowest BCUT2D eigenvalue weighted by atomic mass is 9.94. The molecule has 1 atom stereocenters. The van der Waals surface area contributed by atoms with Crippen molar-refractivity contribution in [3.05, 3.63) is 34.9 Å². The molecule has 0 aliphatic carbocycles. The Kier molecular flexibility index (Phi) is 6.63. The van der Waals surface area contributed by atoms with Gasteiger partial charge in [-0.25, -0.2) is 0 Å². The third-order valence-electron chi connectivity index (χ3n) is 4.58. The molecule has 1 aliphatic heterocycles. The molecule has 1 saturated heterocycles. The zero-order valence-corrected chi connectivity index (χ0v) is 14.9. The van der Waals surface area contributed by atoms with Crippen molar-refractivity contribution in [3.8, 4) is 0 Å². The Hall–Kier alpha value is -1.59. The van der Waals surface area contributed by atoms with Crippen molar-refractivity contribution in [3.63, 3.8) is 0 Å². The minimum Gasteiger partial charge on any atom is -0.481 e. The lowest BCUT2D eigenvalue weighted by Gasteiger charge is -2.34. The summed E-state index contributed by atoms with van der Waals surface area (Å²) in [6.07, 6.45) is 1.45. The smallest absolute Gasteiger partial charge is 0.305 e. The molecule has 0 saturated carbocycles. The molecule has 1 unspecified atom stereocenters. The maximum Gasteiger partial charge on any atom is 0.305 e. The average molecular weight is 353 g/mol. The molecule has 0 bridgehead atoms. The lowest BCUT2D eigenvalue weighted by molar-refractivity contribution is -0.138. The van der Waals surface area contributed by atoms with Gasteiger partial charge < -0.3 is 15.3 Å². The van der Waals surface area contributed by atoms with Gasteiger partial charge in [-0.15, -0.1) is 0 Å². The second-order valence-electron chi connectivity index (χ2n) is 6.62. The number of carboxylic acid groups (broad SMARTS) is 1. The van der Waals surface area contributed by atoms with Gasteiger partial charge in [0.25, 0.3) is 0 Å². The Balaban J connectivity index is 2.01. The highest BCUT2D eigenvalue weighted by Gasteiger charge is 2.28. The average Bonchev–Trinajstić information content (AvgIpc) is 2.53. The number of rotatable bonds is 6. The number of hydrogen-bond acceptors (Lipinski definition) is 3. The van der Waals surface area contributed by atoms with Crippen LogP contribution in [-0.4, -0.2) is 41.0 Å². The van der Waals surface area contributed by atoms with Crippen molar-refractivity contribution in [1.82, 2.24) is 10.2 Å². The van der Waals surface area contributed by atoms with E-state index in [4.69, 9.17) is 16.7 Å². The summed E-state index contributed by atoms with van der Waals surface area (Å²) in [5.41, 5.74) is 0.720. The number of benzene rings is 1. The van der Waals surface area contributed by atoms with Crippen LogP contribution in [0.25, 0.3) is 0 Å². The van der Waals surface area contributed by atoms with E-state index in [-0.39, 0.29) is 18.2 Å². The fourth-order valence-electron chi connectivity index (χ4n) is 3.12. The number of amides is 1. The Morgan fingerprint density at radius 3 is 2.54 bits per heavy atom. The van der Waals surface area contributed by atoms with Crippen LogP contribution >= 0.6 is 11.6 Å². The topological polar surface area (TPSA) is 69.6 Å². The Bertz CT molecular complexity index is 583. The number of nitrogens with one attached hydrogen (secondary N) is 1. The van der Waals surface area contributed by atoms with E-state index in [2.05, 4.69) is 24.1 Å². The molecule has 0 aromatic heterocycles. The van der Waals surface area contributed by atoms with Crippen LogP contribution in [0, 0.1) is 5.92 Å². The number of halogens is 1. The van der Waals surface area contributed by atoms with Crippen molar-refractivity contribution in [2.75, 3.05) is 13.1 Å². The highest BCUT2D eigenvalue weighted by molar-refractivity contribution is 6.30. The lowest BCUT2D eigenvalue weighted by Crippen LogP contribution is -2.44. The number of piperidine rings is 1. The first-order valence-electron chi connectivity index (χ1n) is 8.38. The molecular formula is C18H25ClN2O3. The molecule has 1 heterocycles. The summed E-state index contributed by atoms with van der Waals surface area (Å²) in [7, 11) is 0. The molecular weight excluding hydrogens is 328 g/mol. The summed E-state index contributed by atoms with van der Waals surface area (Å²) >= 11 is 5.99. The van der Waals surface area contributed by atoms with E-state index in [1.807, 2.05) is 0 Å². The molecule has 2 N–H and O–H groups in total. The summed E-state index contributed by atoms with van der Waals surface area (Å²) in [5.74, 6) is -1.07. The first-order chi connectivity index (χ1) is 11.4. The highest BCUT2D eigenvalue weighted by Crippen LogP contribution is 2.24. The fraction of sp³-hybridized carbons (Fsp3) is 0.556. The number of carbonyl (C=O) groups excluding carboxylic acids is 1. The first-order valence-corrected chi connectivity index (χ1v) is 8.76.